The fourth-order valence-electron chi connectivity index (χ4n) is 6.11. The van der Waals surface area contributed by atoms with Crippen molar-refractivity contribution in [1.82, 2.24) is 0 Å². The van der Waals surface area contributed by atoms with Gasteiger partial charge in [0.15, 0.2) is 0 Å². The van der Waals surface area contributed by atoms with Gasteiger partial charge < -0.3 is 4.74 Å². The third-order valence-electron chi connectivity index (χ3n) is 9.09. The summed E-state index contributed by atoms with van der Waals surface area (Å²) in [6.07, 6.45) is -22.2. The first-order valence-electron chi connectivity index (χ1n) is 17.4. The minimum Gasteiger partial charge on any atom is -0.457 e. The highest BCUT2D eigenvalue weighted by Gasteiger charge is 2.73. The third kappa shape index (κ3) is 11.4. The van der Waals surface area contributed by atoms with Crippen molar-refractivity contribution >= 4 is 63.7 Å². The summed E-state index contributed by atoms with van der Waals surface area (Å²) in [7, 11) is 0. The fourth-order valence-corrected chi connectivity index (χ4v) is 7.17. The zero-order chi connectivity index (χ0) is 45.6. The quantitative estimate of drug-likeness (QED) is 0.151. The molecule has 324 valence electrons. The van der Waals surface area contributed by atoms with Crippen molar-refractivity contribution in [2.45, 2.75) is 49.4 Å². The Bertz CT molecular complexity index is 2010. The molecular formula is C44H30Br4F12O. The van der Waals surface area contributed by atoms with Crippen LogP contribution in [0.15, 0.2) is 163 Å². The standard InChI is InChI=1S/C17H14F6.C15H8Br2F6.C12H8Br2O/c1-11-3-7-13(8-4-11)15(16(18,19)20,17(21,22)23)14-9-5-12(2)6-10-14;16-11-5-1-9(2-6-11)13(14(18,19)20,15(21,22)23)10-3-7-12(17)8-4-10;13-9-1-5-11(6-2-9)15-12-7-3-10(14)4-8-12/h3-10H,1-2H3;1-8H;1-8H. The van der Waals surface area contributed by atoms with Crippen molar-refractivity contribution < 1.29 is 57.4 Å². The summed E-state index contributed by atoms with van der Waals surface area (Å²) in [5.41, 5.74) is -10.4. The number of aryl methyl sites for hydroxylation is 2. The van der Waals surface area contributed by atoms with Gasteiger partial charge >= 0.3 is 24.7 Å². The summed E-state index contributed by atoms with van der Waals surface area (Å²) in [5.74, 6) is 1.67. The van der Waals surface area contributed by atoms with E-state index in [0.717, 1.165) is 93.2 Å². The molecule has 0 aliphatic heterocycles. The predicted octanol–water partition coefficient (Wildman–Crippen LogP) is 17.3. The van der Waals surface area contributed by atoms with Gasteiger partial charge in [-0.15, -0.1) is 0 Å². The van der Waals surface area contributed by atoms with E-state index in [1.165, 1.54) is 24.3 Å². The van der Waals surface area contributed by atoms with Crippen LogP contribution >= 0.6 is 63.7 Å². The molecule has 0 aliphatic carbocycles. The number of halogens is 16. The molecule has 6 aromatic carbocycles. The van der Waals surface area contributed by atoms with Crippen molar-refractivity contribution in [3.63, 3.8) is 0 Å². The van der Waals surface area contributed by atoms with Gasteiger partial charge in [-0.2, -0.15) is 52.7 Å². The number of rotatable bonds is 6. The predicted molar refractivity (Wildman–Crippen MR) is 225 cm³/mol. The fraction of sp³-hybridized carbons (Fsp3) is 0.182. The molecule has 0 saturated carbocycles. The lowest BCUT2D eigenvalue weighted by Crippen LogP contribution is -2.54. The van der Waals surface area contributed by atoms with Crippen LogP contribution in [-0.2, 0) is 10.8 Å². The first kappa shape index (κ1) is 49.9. The SMILES string of the molecule is Brc1ccc(Oc2ccc(Br)cc2)cc1.Cc1ccc(C(c2ccc(C)cc2)(C(F)(F)F)C(F)(F)F)cc1.FC(F)(F)C(c1ccc(Br)cc1)(c1ccc(Br)cc1)C(F)(F)F. The normalized spacial score (nSPS) is 12.4. The molecule has 0 bridgehead atoms. The molecular weight excluding hydrogens is 1090 g/mol. The molecule has 0 aromatic heterocycles. The molecule has 6 aromatic rings. The maximum Gasteiger partial charge on any atom is 0.411 e. The molecule has 61 heavy (non-hydrogen) atoms. The molecule has 0 N–H and O–H groups in total. The zero-order valence-electron chi connectivity index (χ0n) is 31.3. The van der Waals surface area contributed by atoms with E-state index in [9.17, 15) is 52.7 Å². The van der Waals surface area contributed by atoms with Gasteiger partial charge in [-0.3, -0.25) is 0 Å². The van der Waals surface area contributed by atoms with E-state index in [4.69, 9.17) is 4.74 Å². The van der Waals surface area contributed by atoms with Gasteiger partial charge in [-0.05, 0) is 109 Å². The van der Waals surface area contributed by atoms with E-state index < -0.39 is 57.8 Å². The molecule has 6 rings (SSSR count). The monoisotopic (exact) mass is 1120 g/mol. The first-order chi connectivity index (χ1) is 28.2. The van der Waals surface area contributed by atoms with Crippen LogP contribution < -0.4 is 4.74 Å². The number of hydrogen-bond acceptors (Lipinski definition) is 1. The van der Waals surface area contributed by atoms with Crippen LogP contribution in [0.3, 0.4) is 0 Å². The Kier molecular flexibility index (Phi) is 16.1. The Morgan fingerprint density at radius 3 is 0.672 bits per heavy atom. The van der Waals surface area contributed by atoms with E-state index >= 15 is 0 Å². The van der Waals surface area contributed by atoms with Crippen LogP contribution in [0, 0.1) is 13.8 Å². The second-order valence-electron chi connectivity index (χ2n) is 13.2. The Morgan fingerprint density at radius 2 is 0.475 bits per heavy atom. The second kappa shape index (κ2) is 19.7. The molecule has 0 amide bonds. The largest absolute Gasteiger partial charge is 0.457 e. The van der Waals surface area contributed by atoms with Crippen molar-refractivity contribution in [1.29, 1.82) is 0 Å². The van der Waals surface area contributed by atoms with Gasteiger partial charge in [0.1, 0.15) is 11.5 Å². The van der Waals surface area contributed by atoms with Crippen LogP contribution in [0.5, 0.6) is 11.5 Å². The number of alkyl halides is 12. The van der Waals surface area contributed by atoms with Crippen LogP contribution in [0.4, 0.5) is 52.7 Å². The van der Waals surface area contributed by atoms with E-state index in [0.29, 0.717) is 20.1 Å². The van der Waals surface area contributed by atoms with Gasteiger partial charge in [-0.25, -0.2) is 0 Å². The summed E-state index contributed by atoms with van der Waals surface area (Å²) < 4.78 is 173. The molecule has 0 spiro atoms. The van der Waals surface area contributed by atoms with Crippen molar-refractivity contribution in [3.05, 3.63) is 197 Å². The van der Waals surface area contributed by atoms with Gasteiger partial charge in [0.05, 0.1) is 0 Å². The number of benzene rings is 6. The maximum atomic E-state index is 13.7. The molecule has 0 saturated heterocycles. The molecule has 0 atom stereocenters. The van der Waals surface area contributed by atoms with E-state index in [1.807, 2.05) is 48.5 Å². The average molecular weight is 1120 g/mol. The van der Waals surface area contributed by atoms with E-state index in [2.05, 4.69) is 63.7 Å². The lowest BCUT2D eigenvalue weighted by molar-refractivity contribution is -0.290. The Balaban J connectivity index is 0.000000206. The van der Waals surface area contributed by atoms with Crippen LogP contribution in [0.2, 0.25) is 0 Å². The Labute approximate surface area is 376 Å². The minimum atomic E-state index is -5.56. The maximum absolute atomic E-state index is 13.7. The van der Waals surface area contributed by atoms with Crippen LogP contribution in [-0.4, -0.2) is 24.7 Å². The van der Waals surface area contributed by atoms with Crippen LogP contribution in [0.25, 0.3) is 0 Å². The topological polar surface area (TPSA) is 9.23 Å². The lowest BCUT2D eigenvalue weighted by atomic mass is 9.72. The van der Waals surface area contributed by atoms with E-state index in [1.54, 1.807) is 13.8 Å². The zero-order valence-corrected chi connectivity index (χ0v) is 37.7. The molecule has 0 unspecified atom stereocenters. The molecule has 0 radical (unpaired) electrons. The lowest BCUT2D eigenvalue weighted by Gasteiger charge is -2.38. The number of hydrogen-bond donors (Lipinski definition) is 0. The van der Waals surface area contributed by atoms with Gasteiger partial charge in [0, 0.05) is 17.9 Å². The molecule has 0 aliphatic rings. The Hall–Kier alpha value is -3.80. The highest BCUT2D eigenvalue weighted by Crippen LogP contribution is 2.57. The Morgan fingerprint density at radius 1 is 0.295 bits per heavy atom. The van der Waals surface area contributed by atoms with Crippen molar-refractivity contribution in [2.24, 2.45) is 0 Å². The summed E-state index contributed by atoms with van der Waals surface area (Å²) >= 11 is 12.8. The average Bonchev–Trinajstić information content (AvgIpc) is 3.15. The molecule has 1 nitrogen and oxygen atoms in total. The summed E-state index contributed by atoms with van der Waals surface area (Å²) in [4.78, 5) is 0. The number of ether oxygens (including phenoxy) is 1. The minimum absolute atomic E-state index is 0.385. The highest BCUT2D eigenvalue weighted by molar-refractivity contribution is 9.11. The van der Waals surface area contributed by atoms with Gasteiger partial charge in [0.25, 0.3) is 0 Å². The van der Waals surface area contributed by atoms with Crippen molar-refractivity contribution in [3.8, 4) is 11.5 Å². The smallest absolute Gasteiger partial charge is 0.411 e. The molecule has 17 heteroatoms. The van der Waals surface area contributed by atoms with E-state index in [-0.39, 0.29) is 0 Å². The summed E-state index contributed by atoms with van der Waals surface area (Å²) in [6, 6.07) is 31.9. The van der Waals surface area contributed by atoms with Crippen LogP contribution in [0.1, 0.15) is 33.4 Å². The molecule has 0 heterocycles. The second-order valence-corrected chi connectivity index (χ2v) is 16.9. The summed E-state index contributed by atoms with van der Waals surface area (Å²) in [6.45, 7) is 3.19. The van der Waals surface area contributed by atoms with Gasteiger partial charge in [-0.1, -0.05) is 148 Å². The van der Waals surface area contributed by atoms with Gasteiger partial charge in [0.2, 0.25) is 10.8 Å². The first-order valence-corrected chi connectivity index (χ1v) is 20.5. The van der Waals surface area contributed by atoms with Crippen molar-refractivity contribution in [2.75, 3.05) is 0 Å². The highest BCUT2D eigenvalue weighted by atomic mass is 79.9. The summed E-state index contributed by atoms with van der Waals surface area (Å²) in [5, 5.41) is 0. The molecule has 0 fully saturated rings. The third-order valence-corrected chi connectivity index (χ3v) is 11.2.